The first-order valence-corrected chi connectivity index (χ1v) is 7.48. The summed E-state index contributed by atoms with van der Waals surface area (Å²) in [5.41, 5.74) is 8.12. The summed E-state index contributed by atoms with van der Waals surface area (Å²) in [5, 5.41) is 0. The van der Waals surface area contributed by atoms with E-state index in [1.807, 2.05) is 4.90 Å². The van der Waals surface area contributed by atoms with Crippen LogP contribution in [0.4, 0.5) is 5.69 Å². The van der Waals surface area contributed by atoms with E-state index in [4.69, 9.17) is 5.73 Å². The molecule has 1 saturated carbocycles. The zero-order valence-electron chi connectivity index (χ0n) is 13.0. The Morgan fingerprint density at radius 2 is 1.77 bits per heavy atom. The van der Waals surface area contributed by atoms with Gasteiger partial charge in [0.05, 0.1) is 5.54 Å². The average Bonchev–Trinajstić information content (AvgIpc) is 2.44. The second-order valence-electron chi connectivity index (χ2n) is 6.13. The minimum Gasteiger partial charge on any atom is -0.368 e. The normalized spacial score (nSPS) is 19.5. The van der Waals surface area contributed by atoms with E-state index in [0.29, 0.717) is 0 Å². The summed E-state index contributed by atoms with van der Waals surface area (Å²) in [7, 11) is 0. The zero-order valence-corrected chi connectivity index (χ0v) is 14.6. The maximum absolute atomic E-state index is 12.4. The van der Waals surface area contributed by atoms with Crippen molar-refractivity contribution in [1.29, 1.82) is 0 Å². The van der Waals surface area contributed by atoms with E-state index in [0.717, 1.165) is 45.4 Å². The van der Waals surface area contributed by atoms with Crippen molar-refractivity contribution >= 4 is 36.4 Å². The van der Waals surface area contributed by atoms with E-state index >= 15 is 0 Å². The SMILES string of the molecule is Cc1cccc(N2CCN(C(=O)C3(N)CCC3)CC2)c1.Cl.Cl. The number of benzene rings is 1. The van der Waals surface area contributed by atoms with E-state index in [-0.39, 0.29) is 30.7 Å². The Balaban J connectivity index is 0.00000121. The zero-order chi connectivity index (χ0) is 14.2. The highest BCUT2D eigenvalue weighted by atomic mass is 35.5. The van der Waals surface area contributed by atoms with E-state index in [1.54, 1.807) is 0 Å². The Morgan fingerprint density at radius 1 is 1.14 bits per heavy atom. The number of carbonyl (C=O) groups is 1. The van der Waals surface area contributed by atoms with Crippen LogP contribution in [0, 0.1) is 6.92 Å². The molecule has 4 nitrogen and oxygen atoms in total. The molecule has 0 atom stereocenters. The molecule has 0 radical (unpaired) electrons. The predicted octanol–water partition coefficient (Wildman–Crippen LogP) is 2.37. The van der Waals surface area contributed by atoms with Crippen LogP contribution in [0.5, 0.6) is 0 Å². The summed E-state index contributed by atoms with van der Waals surface area (Å²) < 4.78 is 0. The highest BCUT2D eigenvalue weighted by molar-refractivity contribution is 5.87. The van der Waals surface area contributed by atoms with Gasteiger partial charge in [-0.2, -0.15) is 0 Å². The molecule has 1 heterocycles. The van der Waals surface area contributed by atoms with Crippen LogP contribution < -0.4 is 10.6 Å². The maximum Gasteiger partial charge on any atom is 0.242 e. The van der Waals surface area contributed by atoms with Gasteiger partial charge in [0.25, 0.3) is 0 Å². The van der Waals surface area contributed by atoms with Crippen molar-refractivity contribution in [2.24, 2.45) is 5.73 Å². The van der Waals surface area contributed by atoms with E-state index in [9.17, 15) is 4.79 Å². The fourth-order valence-electron chi connectivity index (χ4n) is 3.08. The second kappa shape index (κ2) is 7.53. The third kappa shape index (κ3) is 3.67. The quantitative estimate of drug-likeness (QED) is 0.895. The molecule has 124 valence electrons. The van der Waals surface area contributed by atoms with Gasteiger partial charge in [-0.3, -0.25) is 4.79 Å². The molecule has 2 fully saturated rings. The minimum absolute atomic E-state index is 0. The number of amides is 1. The van der Waals surface area contributed by atoms with Crippen LogP contribution >= 0.6 is 24.8 Å². The van der Waals surface area contributed by atoms with Crippen LogP contribution in [0.15, 0.2) is 24.3 Å². The molecule has 1 aliphatic heterocycles. The number of nitrogens with two attached hydrogens (primary N) is 1. The fourth-order valence-corrected chi connectivity index (χ4v) is 3.08. The molecule has 1 amide bonds. The Bertz CT molecular complexity index is 512. The average molecular weight is 346 g/mol. The van der Waals surface area contributed by atoms with Gasteiger partial charge in [0.2, 0.25) is 5.91 Å². The maximum atomic E-state index is 12.4. The number of rotatable bonds is 2. The summed E-state index contributed by atoms with van der Waals surface area (Å²) >= 11 is 0. The van der Waals surface area contributed by atoms with Crippen molar-refractivity contribution in [2.75, 3.05) is 31.1 Å². The number of nitrogens with zero attached hydrogens (tertiary/aromatic N) is 2. The molecule has 1 saturated heterocycles. The summed E-state index contributed by atoms with van der Waals surface area (Å²) in [6, 6.07) is 8.54. The van der Waals surface area contributed by atoms with E-state index in [1.165, 1.54) is 11.3 Å². The number of carbonyl (C=O) groups excluding carboxylic acids is 1. The first-order valence-electron chi connectivity index (χ1n) is 7.48. The molecule has 1 aromatic carbocycles. The van der Waals surface area contributed by atoms with E-state index in [2.05, 4.69) is 36.1 Å². The van der Waals surface area contributed by atoms with Crippen molar-refractivity contribution in [3.63, 3.8) is 0 Å². The van der Waals surface area contributed by atoms with Gasteiger partial charge in [-0.15, -0.1) is 24.8 Å². The minimum atomic E-state index is -0.550. The Morgan fingerprint density at radius 3 is 2.27 bits per heavy atom. The third-order valence-electron chi connectivity index (χ3n) is 4.61. The molecule has 1 aromatic rings. The second-order valence-corrected chi connectivity index (χ2v) is 6.13. The standard InChI is InChI=1S/C16H23N3O.2ClH/c1-13-4-2-5-14(12-13)18-8-10-19(11-9-18)15(20)16(17)6-3-7-16;;/h2,4-5,12H,3,6-11,17H2,1H3;2*1H. The predicted molar refractivity (Wildman–Crippen MR) is 95.2 cm³/mol. The van der Waals surface area contributed by atoms with Gasteiger partial charge in [-0.25, -0.2) is 0 Å². The molecule has 1 aliphatic carbocycles. The molecule has 0 unspecified atom stereocenters. The Hall–Kier alpha value is -0.970. The molecule has 3 rings (SSSR count). The molecule has 6 heteroatoms. The number of anilines is 1. The monoisotopic (exact) mass is 345 g/mol. The topological polar surface area (TPSA) is 49.6 Å². The molecule has 2 aliphatic rings. The summed E-state index contributed by atoms with van der Waals surface area (Å²) in [5.74, 6) is 0.160. The molecule has 22 heavy (non-hydrogen) atoms. The Kier molecular flexibility index (Phi) is 6.53. The molecular formula is C16H25Cl2N3O. The van der Waals surface area contributed by atoms with E-state index < -0.39 is 5.54 Å². The van der Waals surface area contributed by atoms with Crippen molar-refractivity contribution in [3.8, 4) is 0 Å². The fraction of sp³-hybridized carbons (Fsp3) is 0.562. The van der Waals surface area contributed by atoms with Gasteiger partial charge in [0.15, 0.2) is 0 Å². The molecule has 0 aromatic heterocycles. The number of hydrogen-bond acceptors (Lipinski definition) is 3. The van der Waals surface area contributed by atoms with Gasteiger partial charge < -0.3 is 15.5 Å². The van der Waals surface area contributed by atoms with Crippen LogP contribution in [0.3, 0.4) is 0 Å². The third-order valence-corrected chi connectivity index (χ3v) is 4.61. The van der Waals surface area contributed by atoms with Gasteiger partial charge >= 0.3 is 0 Å². The van der Waals surface area contributed by atoms with Gasteiger partial charge in [0, 0.05) is 31.9 Å². The van der Waals surface area contributed by atoms with Crippen molar-refractivity contribution in [2.45, 2.75) is 31.7 Å². The summed E-state index contributed by atoms with van der Waals surface area (Å²) in [6.07, 6.45) is 2.79. The summed E-state index contributed by atoms with van der Waals surface area (Å²) in [4.78, 5) is 16.7. The van der Waals surface area contributed by atoms with Crippen LogP contribution in [-0.2, 0) is 4.79 Å². The Labute approximate surface area is 144 Å². The first kappa shape index (κ1) is 19.1. The lowest BCUT2D eigenvalue weighted by molar-refractivity contribution is -0.140. The smallest absolute Gasteiger partial charge is 0.242 e. The first-order chi connectivity index (χ1) is 9.58. The molecule has 2 N–H and O–H groups in total. The molecular weight excluding hydrogens is 321 g/mol. The number of piperazine rings is 1. The van der Waals surface area contributed by atoms with Gasteiger partial charge in [-0.05, 0) is 43.9 Å². The van der Waals surface area contributed by atoms with Crippen molar-refractivity contribution in [1.82, 2.24) is 4.90 Å². The van der Waals surface area contributed by atoms with Crippen LogP contribution in [0.2, 0.25) is 0 Å². The lowest BCUT2D eigenvalue weighted by atomic mass is 9.76. The molecule has 0 bridgehead atoms. The van der Waals surface area contributed by atoms with Crippen molar-refractivity contribution < 1.29 is 4.79 Å². The number of halogens is 2. The largest absolute Gasteiger partial charge is 0.368 e. The van der Waals surface area contributed by atoms with Crippen molar-refractivity contribution in [3.05, 3.63) is 29.8 Å². The number of hydrogen-bond donors (Lipinski definition) is 1. The van der Waals surface area contributed by atoms with Crippen LogP contribution in [-0.4, -0.2) is 42.5 Å². The van der Waals surface area contributed by atoms with Crippen LogP contribution in [0.25, 0.3) is 0 Å². The lowest BCUT2D eigenvalue weighted by Gasteiger charge is -2.43. The van der Waals surface area contributed by atoms with Gasteiger partial charge in [0.1, 0.15) is 0 Å². The highest BCUT2D eigenvalue weighted by Crippen LogP contribution is 2.31. The highest BCUT2D eigenvalue weighted by Gasteiger charge is 2.43. The summed E-state index contributed by atoms with van der Waals surface area (Å²) in [6.45, 7) is 5.46. The lowest BCUT2D eigenvalue weighted by Crippen LogP contribution is -2.62. The van der Waals surface area contributed by atoms with Crippen LogP contribution in [0.1, 0.15) is 24.8 Å². The molecule has 0 spiro atoms. The number of aryl methyl sites for hydroxylation is 1. The van der Waals surface area contributed by atoms with Gasteiger partial charge in [-0.1, -0.05) is 12.1 Å².